The molecule has 1 atom stereocenters. The number of fused-ring (bicyclic) bond motifs is 1. The lowest BCUT2D eigenvalue weighted by Gasteiger charge is -2.30. The van der Waals surface area contributed by atoms with Gasteiger partial charge in [0, 0.05) is 37.2 Å². The molecule has 132 valence electrons. The number of likely N-dealkylation sites (tertiary alicyclic amines) is 1. The molecule has 0 unspecified atom stereocenters. The van der Waals surface area contributed by atoms with Crippen LogP contribution in [0.15, 0.2) is 30.5 Å². The summed E-state index contributed by atoms with van der Waals surface area (Å²) in [6.45, 7) is 0.826. The van der Waals surface area contributed by atoms with Gasteiger partial charge in [-0.1, -0.05) is 18.2 Å². The van der Waals surface area contributed by atoms with Crippen LogP contribution in [0.25, 0.3) is 10.9 Å². The minimum absolute atomic E-state index is 0.269. The standard InChI is InChI=1S/C17H21N5O3/c1-21-10-13(12-6-2-3-7-14(12)21)16(24)20-19-15(23)11-5-4-8-22(9-11)17(18)25/h2-3,6-7,10-11H,4-5,8-9H2,1H3,(H2,18,25)(H,19,23)(H,20,24)/t11-/m0/s1. The Kier molecular flexibility index (Phi) is 4.60. The molecule has 1 saturated heterocycles. The number of hydrogen-bond donors (Lipinski definition) is 3. The van der Waals surface area contributed by atoms with Crippen molar-refractivity contribution in [3.05, 3.63) is 36.0 Å². The lowest BCUT2D eigenvalue weighted by atomic mass is 9.98. The number of nitrogens with two attached hydrogens (primary N) is 1. The zero-order valence-electron chi connectivity index (χ0n) is 14.0. The number of primary amides is 1. The number of carbonyl (C=O) groups is 3. The summed E-state index contributed by atoms with van der Waals surface area (Å²) in [5.41, 5.74) is 11.6. The van der Waals surface area contributed by atoms with E-state index in [0.717, 1.165) is 10.9 Å². The maximum Gasteiger partial charge on any atom is 0.314 e. The van der Waals surface area contributed by atoms with Crippen molar-refractivity contribution in [3.63, 3.8) is 0 Å². The van der Waals surface area contributed by atoms with Crippen molar-refractivity contribution >= 4 is 28.7 Å². The van der Waals surface area contributed by atoms with Crippen LogP contribution in [-0.2, 0) is 11.8 Å². The molecule has 0 aliphatic carbocycles. The van der Waals surface area contributed by atoms with Gasteiger partial charge in [0.2, 0.25) is 5.91 Å². The Morgan fingerprint density at radius 3 is 2.72 bits per heavy atom. The highest BCUT2D eigenvalue weighted by atomic mass is 16.2. The number of piperidine rings is 1. The van der Waals surface area contributed by atoms with Crippen molar-refractivity contribution in [3.8, 4) is 0 Å². The number of urea groups is 1. The predicted molar refractivity (Wildman–Crippen MR) is 92.4 cm³/mol. The first-order valence-corrected chi connectivity index (χ1v) is 8.16. The molecule has 0 saturated carbocycles. The van der Waals surface area contributed by atoms with Crippen molar-refractivity contribution in [2.24, 2.45) is 18.7 Å². The molecule has 2 heterocycles. The number of nitrogens with one attached hydrogen (secondary N) is 2. The minimum Gasteiger partial charge on any atom is -0.351 e. The van der Waals surface area contributed by atoms with Crippen molar-refractivity contribution in [2.75, 3.05) is 13.1 Å². The van der Waals surface area contributed by atoms with Crippen LogP contribution in [0.2, 0.25) is 0 Å². The molecule has 1 aliphatic heterocycles. The van der Waals surface area contributed by atoms with Gasteiger partial charge in [-0.2, -0.15) is 0 Å². The Bertz CT molecular complexity index is 829. The quantitative estimate of drug-likeness (QED) is 0.699. The van der Waals surface area contributed by atoms with E-state index < -0.39 is 6.03 Å². The van der Waals surface area contributed by atoms with Crippen molar-refractivity contribution in [1.29, 1.82) is 0 Å². The van der Waals surface area contributed by atoms with Crippen molar-refractivity contribution in [2.45, 2.75) is 12.8 Å². The van der Waals surface area contributed by atoms with Gasteiger partial charge in [0.15, 0.2) is 0 Å². The Balaban J connectivity index is 1.63. The third-order valence-electron chi connectivity index (χ3n) is 4.54. The van der Waals surface area contributed by atoms with Gasteiger partial charge in [-0.15, -0.1) is 0 Å². The van der Waals surface area contributed by atoms with Crippen LogP contribution in [0.1, 0.15) is 23.2 Å². The largest absolute Gasteiger partial charge is 0.351 e. The van der Waals surface area contributed by atoms with Gasteiger partial charge in [0.1, 0.15) is 0 Å². The second-order valence-electron chi connectivity index (χ2n) is 6.24. The molecule has 1 aliphatic rings. The summed E-state index contributed by atoms with van der Waals surface area (Å²) in [7, 11) is 1.86. The fourth-order valence-corrected chi connectivity index (χ4v) is 3.20. The van der Waals surface area contributed by atoms with Crippen molar-refractivity contribution in [1.82, 2.24) is 20.3 Å². The highest BCUT2D eigenvalue weighted by Crippen LogP contribution is 2.20. The third kappa shape index (κ3) is 3.42. The first kappa shape index (κ1) is 16.8. The molecule has 4 N–H and O–H groups in total. The molecule has 3 rings (SSSR count). The number of hydrogen-bond acceptors (Lipinski definition) is 3. The van der Waals surface area contributed by atoms with Crippen LogP contribution < -0.4 is 16.6 Å². The Labute approximate surface area is 144 Å². The van der Waals surface area contributed by atoms with E-state index in [4.69, 9.17) is 5.73 Å². The number of rotatable bonds is 2. The number of amides is 4. The minimum atomic E-state index is -0.530. The molecule has 0 spiro atoms. The zero-order chi connectivity index (χ0) is 18.0. The second-order valence-corrected chi connectivity index (χ2v) is 6.24. The fourth-order valence-electron chi connectivity index (χ4n) is 3.20. The molecule has 25 heavy (non-hydrogen) atoms. The Morgan fingerprint density at radius 2 is 1.96 bits per heavy atom. The van der Waals surface area contributed by atoms with E-state index in [0.29, 0.717) is 24.9 Å². The van der Waals surface area contributed by atoms with E-state index in [1.165, 1.54) is 4.90 Å². The number of benzene rings is 1. The summed E-state index contributed by atoms with van der Waals surface area (Å²) >= 11 is 0. The topological polar surface area (TPSA) is 109 Å². The first-order chi connectivity index (χ1) is 12.0. The summed E-state index contributed by atoms with van der Waals surface area (Å²) in [5, 5.41) is 0.814. The average molecular weight is 343 g/mol. The molecule has 0 bridgehead atoms. The summed E-state index contributed by atoms with van der Waals surface area (Å²) in [6, 6.07) is 7.01. The SMILES string of the molecule is Cn1cc(C(=O)NNC(=O)[C@H]2CCCN(C(N)=O)C2)c2ccccc21. The van der Waals surface area contributed by atoms with Gasteiger partial charge in [0.25, 0.3) is 5.91 Å². The summed E-state index contributed by atoms with van der Waals surface area (Å²) in [4.78, 5) is 37.4. The predicted octanol–water partition coefficient (Wildman–Crippen LogP) is 0.730. The van der Waals surface area contributed by atoms with Crippen LogP contribution in [-0.4, -0.2) is 40.4 Å². The molecule has 1 fully saturated rings. The van der Waals surface area contributed by atoms with Crippen molar-refractivity contribution < 1.29 is 14.4 Å². The monoisotopic (exact) mass is 343 g/mol. The van der Waals surface area contributed by atoms with Gasteiger partial charge < -0.3 is 15.2 Å². The lowest BCUT2D eigenvalue weighted by Crippen LogP contribution is -2.50. The first-order valence-electron chi connectivity index (χ1n) is 8.16. The molecule has 8 heteroatoms. The molecule has 0 radical (unpaired) electrons. The van der Waals surface area contributed by atoms with Gasteiger partial charge in [-0.25, -0.2) is 4.79 Å². The van der Waals surface area contributed by atoms with Gasteiger partial charge >= 0.3 is 6.03 Å². The molecule has 8 nitrogen and oxygen atoms in total. The van der Waals surface area contributed by atoms with E-state index in [-0.39, 0.29) is 24.3 Å². The average Bonchev–Trinajstić information content (AvgIpc) is 2.97. The van der Waals surface area contributed by atoms with Gasteiger partial charge in [-0.3, -0.25) is 20.4 Å². The summed E-state index contributed by atoms with van der Waals surface area (Å²) < 4.78 is 1.86. The zero-order valence-corrected chi connectivity index (χ0v) is 14.0. The van der Waals surface area contributed by atoms with Gasteiger partial charge in [0.05, 0.1) is 11.5 Å². The van der Waals surface area contributed by atoms with E-state index in [1.54, 1.807) is 6.20 Å². The molecule has 4 amide bonds. The van der Waals surface area contributed by atoms with E-state index in [2.05, 4.69) is 10.9 Å². The highest BCUT2D eigenvalue weighted by Gasteiger charge is 2.27. The number of aryl methyl sites for hydroxylation is 1. The smallest absolute Gasteiger partial charge is 0.314 e. The van der Waals surface area contributed by atoms with Crippen LogP contribution in [0.4, 0.5) is 4.79 Å². The molecular formula is C17H21N5O3. The van der Waals surface area contributed by atoms with E-state index in [1.807, 2.05) is 35.9 Å². The highest BCUT2D eigenvalue weighted by molar-refractivity contribution is 6.07. The fraction of sp³-hybridized carbons (Fsp3) is 0.353. The number of aromatic nitrogens is 1. The number of hydrazine groups is 1. The maximum atomic E-state index is 12.4. The number of para-hydroxylation sites is 1. The molecular weight excluding hydrogens is 322 g/mol. The molecule has 2 aromatic rings. The maximum absolute atomic E-state index is 12.4. The summed E-state index contributed by atoms with van der Waals surface area (Å²) in [6.07, 6.45) is 3.08. The number of carbonyl (C=O) groups excluding carboxylic acids is 3. The van der Waals surface area contributed by atoms with Crippen LogP contribution in [0, 0.1) is 5.92 Å². The second kappa shape index (κ2) is 6.84. The Hall–Kier alpha value is -3.03. The number of nitrogens with zero attached hydrogens (tertiary/aromatic N) is 2. The molecule has 1 aromatic heterocycles. The van der Waals surface area contributed by atoms with Crippen LogP contribution in [0.5, 0.6) is 0 Å². The summed E-state index contributed by atoms with van der Waals surface area (Å²) in [5.74, 6) is -1.08. The van der Waals surface area contributed by atoms with Gasteiger partial charge in [-0.05, 0) is 18.9 Å². The normalized spacial score (nSPS) is 17.3. The van der Waals surface area contributed by atoms with E-state index in [9.17, 15) is 14.4 Å². The lowest BCUT2D eigenvalue weighted by molar-refractivity contribution is -0.127. The van der Waals surface area contributed by atoms with E-state index >= 15 is 0 Å². The Morgan fingerprint density at radius 1 is 1.20 bits per heavy atom. The molecule has 1 aromatic carbocycles. The van der Waals surface area contributed by atoms with Crippen LogP contribution >= 0.6 is 0 Å². The third-order valence-corrected chi connectivity index (χ3v) is 4.54. The van der Waals surface area contributed by atoms with Crippen LogP contribution in [0.3, 0.4) is 0 Å².